The van der Waals surface area contributed by atoms with Gasteiger partial charge in [-0.1, -0.05) is 18.2 Å². The van der Waals surface area contributed by atoms with Gasteiger partial charge in [0, 0.05) is 23.6 Å². The Kier molecular flexibility index (Phi) is 4.94. The van der Waals surface area contributed by atoms with Crippen LogP contribution in [-0.2, 0) is 10.0 Å². The smallest absolute Gasteiger partial charge is 0.262 e. The zero-order valence-corrected chi connectivity index (χ0v) is 16.4. The molecule has 29 heavy (non-hydrogen) atoms. The van der Waals surface area contributed by atoms with E-state index >= 15 is 0 Å². The van der Waals surface area contributed by atoms with E-state index in [2.05, 4.69) is 9.71 Å². The molecular formula is C21H18FN3O3S. The molecule has 4 rings (SSSR count). The molecule has 0 unspecified atom stereocenters. The third-order valence-electron chi connectivity index (χ3n) is 4.29. The number of fused-ring (bicyclic) bond motifs is 1. The summed E-state index contributed by atoms with van der Waals surface area (Å²) in [6, 6.07) is 16.1. The maximum absolute atomic E-state index is 14.1. The van der Waals surface area contributed by atoms with Crippen molar-refractivity contribution in [2.24, 2.45) is 0 Å². The van der Waals surface area contributed by atoms with Crippen molar-refractivity contribution in [1.29, 1.82) is 0 Å². The van der Waals surface area contributed by atoms with Crippen molar-refractivity contribution >= 4 is 21.4 Å². The van der Waals surface area contributed by atoms with Gasteiger partial charge in [0.2, 0.25) is 0 Å². The van der Waals surface area contributed by atoms with Gasteiger partial charge in [0.05, 0.1) is 17.2 Å². The van der Waals surface area contributed by atoms with Crippen molar-refractivity contribution in [2.75, 3.05) is 11.3 Å². The molecule has 4 aromatic rings. The number of pyridine rings is 1. The van der Waals surface area contributed by atoms with E-state index in [1.807, 2.05) is 41.1 Å². The fraction of sp³-hybridized carbons (Fsp3) is 0.0952. The quantitative estimate of drug-likeness (QED) is 0.512. The highest BCUT2D eigenvalue weighted by Gasteiger charge is 2.17. The normalized spacial score (nSPS) is 11.5. The van der Waals surface area contributed by atoms with E-state index in [4.69, 9.17) is 4.74 Å². The molecule has 0 atom stereocenters. The van der Waals surface area contributed by atoms with E-state index in [0.29, 0.717) is 11.4 Å². The number of ether oxygens (including phenoxy) is 1. The van der Waals surface area contributed by atoms with Crippen LogP contribution in [0.3, 0.4) is 0 Å². The Morgan fingerprint density at radius 3 is 2.72 bits per heavy atom. The van der Waals surface area contributed by atoms with Crippen LogP contribution in [0.15, 0.2) is 78.0 Å². The molecule has 2 heterocycles. The Morgan fingerprint density at radius 1 is 1.10 bits per heavy atom. The second kappa shape index (κ2) is 7.56. The number of rotatable bonds is 6. The van der Waals surface area contributed by atoms with Crippen molar-refractivity contribution in [3.63, 3.8) is 0 Å². The highest BCUT2D eigenvalue weighted by Crippen LogP contribution is 2.26. The van der Waals surface area contributed by atoms with Gasteiger partial charge in [-0.25, -0.2) is 17.8 Å². The molecule has 148 valence electrons. The molecule has 0 amide bonds. The summed E-state index contributed by atoms with van der Waals surface area (Å²) < 4.78 is 48.9. The summed E-state index contributed by atoms with van der Waals surface area (Å²) in [7, 11) is -3.96. The minimum atomic E-state index is -3.96. The van der Waals surface area contributed by atoms with Crippen LogP contribution in [0.2, 0.25) is 0 Å². The van der Waals surface area contributed by atoms with E-state index in [1.54, 1.807) is 25.1 Å². The van der Waals surface area contributed by atoms with Gasteiger partial charge in [-0.2, -0.15) is 0 Å². The summed E-state index contributed by atoms with van der Waals surface area (Å²) in [6.45, 7) is 2.01. The molecule has 2 aromatic heterocycles. The van der Waals surface area contributed by atoms with E-state index in [1.165, 1.54) is 12.1 Å². The number of benzene rings is 2. The Labute approximate surface area is 167 Å². The zero-order valence-electron chi connectivity index (χ0n) is 15.5. The van der Waals surface area contributed by atoms with Gasteiger partial charge in [0.15, 0.2) is 11.6 Å². The maximum atomic E-state index is 14.1. The lowest BCUT2D eigenvalue weighted by Crippen LogP contribution is -2.13. The fourth-order valence-electron chi connectivity index (χ4n) is 2.95. The predicted octanol–water partition coefficient (Wildman–Crippen LogP) is 4.34. The molecule has 0 bridgehead atoms. The molecule has 0 aliphatic heterocycles. The van der Waals surface area contributed by atoms with Gasteiger partial charge >= 0.3 is 0 Å². The van der Waals surface area contributed by atoms with Crippen LogP contribution < -0.4 is 9.46 Å². The van der Waals surface area contributed by atoms with Gasteiger partial charge in [-0.15, -0.1) is 0 Å². The third kappa shape index (κ3) is 3.93. The minimum Gasteiger partial charge on any atom is -0.491 e. The second-order valence-corrected chi connectivity index (χ2v) is 7.99. The van der Waals surface area contributed by atoms with Crippen molar-refractivity contribution in [3.05, 3.63) is 78.9 Å². The van der Waals surface area contributed by atoms with Crippen molar-refractivity contribution in [1.82, 2.24) is 9.38 Å². The predicted molar refractivity (Wildman–Crippen MR) is 109 cm³/mol. The van der Waals surface area contributed by atoms with Crippen molar-refractivity contribution < 1.29 is 17.5 Å². The maximum Gasteiger partial charge on any atom is 0.262 e. The first-order chi connectivity index (χ1) is 14.0. The van der Waals surface area contributed by atoms with E-state index in [9.17, 15) is 12.8 Å². The highest BCUT2D eigenvalue weighted by molar-refractivity contribution is 7.92. The Balaban J connectivity index is 1.62. The molecule has 0 radical (unpaired) electrons. The van der Waals surface area contributed by atoms with Crippen LogP contribution in [0.1, 0.15) is 6.92 Å². The average molecular weight is 411 g/mol. The fourth-order valence-corrected chi connectivity index (χ4v) is 4.01. The topological polar surface area (TPSA) is 72.7 Å². The number of imidazole rings is 1. The van der Waals surface area contributed by atoms with Crippen LogP contribution in [0.4, 0.5) is 10.1 Å². The summed E-state index contributed by atoms with van der Waals surface area (Å²) in [6.07, 6.45) is 3.75. The van der Waals surface area contributed by atoms with Crippen LogP contribution >= 0.6 is 0 Å². The van der Waals surface area contributed by atoms with Crippen LogP contribution in [0, 0.1) is 5.82 Å². The first kappa shape index (κ1) is 18.9. The Hall–Kier alpha value is -3.39. The molecule has 8 heteroatoms. The van der Waals surface area contributed by atoms with Crippen LogP contribution in [0.5, 0.6) is 5.75 Å². The van der Waals surface area contributed by atoms with E-state index in [-0.39, 0.29) is 17.3 Å². The van der Waals surface area contributed by atoms with E-state index in [0.717, 1.165) is 17.3 Å². The monoisotopic (exact) mass is 411 g/mol. The molecule has 6 nitrogen and oxygen atoms in total. The Bertz CT molecular complexity index is 1250. The molecule has 0 aliphatic rings. The Morgan fingerprint density at radius 2 is 1.97 bits per heavy atom. The lowest BCUT2D eigenvalue weighted by Gasteiger charge is -2.10. The summed E-state index contributed by atoms with van der Waals surface area (Å²) in [5, 5.41) is 0. The summed E-state index contributed by atoms with van der Waals surface area (Å²) >= 11 is 0. The highest BCUT2D eigenvalue weighted by atomic mass is 32.2. The van der Waals surface area contributed by atoms with Gasteiger partial charge in [-0.05, 0) is 49.4 Å². The summed E-state index contributed by atoms with van der Waals surface area (Å²) in [5.74, 6) is -0.714. The number of aromatic nitrogens is 2. The molecule has 0 aliphatic carbocycles. The molecular weight excluding hydrogens is 393 g/mol. The lowest BCUT2D eigenvalue weighted by molar-refractivity contribution is 0.321. The number of nitrogens with zero attached hydrogens (tertiary/aromatic N) is 2. The van der Waals surface area contributed by atoms with Crippen molar-refractivity contribution in [3.8, 4) is 17.0 Å². The second-order valence-electron chi connectivity index (χ2n) is 6.30. The van der Waals surface area contributed by atoms with Crippen molar-refractivity contribution in [2.45, 2.75) is 11.8 Å². The van der Waals surface area contributed by atoms with Gasteiger partial charge in [0.1, 0.15) is 5.65 Å². The lowest BCUT2D eigenvalue weighted by atomic mass is 10.1. The minimum absolute atomic E-state index is 0.0142. The average Bonchev–Trinajstić information content (AvgIpc) is 3.14. The van der Waals surface area contributed by atoms with Gasteiger partial charge < -0.3 is 9.14 Å². The number of hydrogen-bond donors (Lipinski definition) is 1. The SMILES string of the molecule is CCOc1ccc(S(=O)(=O)Nc2cccc(-c3cn4ccccc4n3)c2)cc1F. The first-order valence-electron chi connectivity index (χ1n) is 8.95. The summed E-state index contributed by atoms with van der Waals surface area (Å²) in [5.41, 5.74) is 2.61. The number of sulfonamides is 1. The molecule has 0 saturated carbocycles. The molecule has 0 saturated heterocycles. The largest absolute Gasteiger partial charge is 0.491 e. The first-order valence-corrected chi connectivity index (χ1v) is 10.4. The zero-order chi connectivity index (χ0) is 20.4. The number of anilines is 1. The van der Waals surface area contributed by atoms with Crippen LogP contribution in [0.25, 0.3) is 16.9 Å². The summed E-state index contributed by atoms with van der Waals surface area (Å²) in [4.78, 5) is 4.36. The molecule has 0 spiro atoms. The van der Waals surface area contributed by atoms with E-state index < -0.39 is 15.8 Å². The van der Waals surface area contributed by atoms with Gasteiger partial charge in [0.25, 0.3) is 10.0 Å². The number of nitrogens with one attached hydrogen (secondary N) is 1. The standard InChI is InChI=1S/C21H18FN3O3S/c1-2-28-20-10-9-17(13-18(20)22)29(26,27)24-16-7-5-6-15(12-16)19-14-25-11-4-3-8-21(25)23-19/h3-14,24H,2H2,1H3. The molecule has 2 aromatic carbocycles. The molecule has 1 N–H and O–H groups in total. The van der Waals surface area contributed by atoms with Gasteiger partial charge in [-0.3, -0.25) is 4.72 Å². The molecule has 0 fully saturated rings. The number of halogens is 1. The number of hydrogen-bond acceptors (Lipinski definition) is 4. The third-order valence-corrected chi connectivity index (χ3v) is 5.67. The van der Waals surface area contributed by atoms with Crippen LogP contribution in [-0.4, -0.2) is 24.4 Å².